The van der Waals surface area contributed by atoms with Gasteiger partial charge in [-0.05, 0) is 65.2 Å². The molecular weight excluding hydrogens is 542 g/mol. The van der Waals surface area contributed by atoms with Crippen LogP contribution in [0.2, 0.25) is 0 Å². The molecule has 2 heterocycles. The van der Waals surface area contributed by atoms with Crippen LogP contribution in [0.25, 0.3) is 77.3 Å². The molecule has 44 heavy (non-hydrogen) atoms. The monoisotopic (exact) mass is 561 g/mol. The highest BCUT2D eigenvalue weighted by atomic mass is 16.3. The topological polar surface area (TPSA) is 97.7 Å². The second kappa shape index (κ2) is 9.74. The summed E-state index contributed by atoms with van der Waals surface area (Å²) in [7, 11) is 0. The van der Waals surface area contributed by atoms with Crippen LogP contribution in [0.5, 0.6) is 0 Å². The van der Waals surface area contributed by atoms with E-state index in [-0.39, 0.29) is 0 Å². The third-order valence-corrected chi connectivity index (χ3v) is 8.21. The largest absolute Gasteiger partial charge is 0.456 e. The molecule has 0 saturated heterocycles. The quantitative estimate of drug-likeness (QED) is 0.214. The number of hydrogen-bond acceptors (Lipinski definition) is 5. The van der Waals surface area contributed by atoms with Crippen molar-refractivity contribution in [1.82, 2.24) is 0 Å². The van der Waals surface area contributed by atoms with Crippen LogP contribution in [-0.2, 0) is 0 Å². The predicted octanol–water partition coefficient (Wildman–Crippen LogP) is 10.1. The van der Waals surface area contributed by atoms with Crippen molar-refractivity contribution in [2.24, 2.45) is 0 Å². The molecule has 8 rings (SSSR count). The van der Waals surface area contributed by atoms with E-state index in [4.69, 9.17) is 8.83 Å². The number of benzene rings is 6. The normalized spacial score (nSPS) is 11.1. The number of hydrogen-bond donors (Lipinski definition) is 0. The molecule has 5 heteroatoms. The number of rotatable bonds is 3. The minimum atomic E-state index is 0.355. The third kappa shape index (κ3) is 3.70. The number of furan rings is 2. The molecule has 0 saturated carbocycles. The van der Waals surface area contributed by atoms with Gasteiger partial charge < -0.3 is 8.83 Å². The fourth-order valence-corrected chi connectivity index (χ4v) is 6.28. The maximum Gasteiger partial charge on any atom is 0.136 e. The molecule has 0 aliphatic carbocycles. The Labute approximate surface area is 251 Å². The minimum Gasteiger partial charge on any atom is -0.456 e. The Morgan fingerprint density at radius 2 is 1.09 bits per heavy atom. The molecule has 2 aromatic heterocycles. The molecule has 8 aromatic rings. The zero-order valence-electron chi connectivity index (χ0n) is 23.1. The van der Waals surface area contributed by atoms with E-state index in [9.17, 15) is 15.8 Å². The third-order valence-electron chi connectivity index (χ3n) is 8.21. The zero-order chi connectivity index (χ0) is 29.8. The summed E-state index contributed by atoms with van der Waals surface area (Å²) in [6, 6.07) is 43.5. The maximum atomic E-state index is 10.7. The van der Waals surface area contributed by atoms with Crippen molar-refractivity contribution >= 4 is 43.9 Å². The van der Waals surface area contributed by atoms with Crippen molar-refractivity contribution < 1.29 is 8.83 Å². The first-order valence-electron chi connectivity index (χ1n) is 14.0. The molecule has 0 spiro atoms. The molecule has 0 fully saturated rings. The van der Waals surface area contributed by atoms with E-state index in [1.54, 1.807) is 18.2 Å². The lowest BCUT2D eigenvalue weighted by Crippen LogP contribution is -1.99. The van der Waals surface area contributed by atoms with E-state index >= 15 is 0 Å². The van der Waals surface area contributed by atoms with Gasteiger partial charge in [0, 0.05) is 38.2 Å². The van der Waals surface area contributed by atoms with Gasteiger partial charge >= 0.3 is 0 Å². The molecular formula is C39H19N3O2. The highest BCUT2D eigenvalue weighted by Gasteiger charge is 2.24. The van der Waals surface area contributed by atoms with Crippen LogP contribution in [0.4, 0.5) is 0 Å². The van der Waals surface area contributed by atoms with Gasteiger partial charge in [0.2, 0.25) is 0 Å². The van der Waals surface area contributed by atoms with Gasteiger partial charge in [0.15, 0.2) is 0 Å². The van der Waals surface area contributed by atoms with Crippen LogP contribution >= 0.6 is 0 Å². The summed E-state index contributed by atoms with van der Waals surface area (Å²) in [5.74, 6) is 0. The highest BCUT2D eigenvalue weighted by molar-refractivity contribution is 6.14. The van der Waals surface area contributed by atoms with Crippen LogP contribution in [-0.4, -0.2) is 0 Å². The van der Waals surface area contributed by atoms with Crippen molar-refractivity contribution in [3.05, 3.63) is 132 Å². The zero-order valence-corrected chi connectivity index (χ0v) is 23.1. The van der Waals surface area contributed by atoms with Gasteiger partial charge in [-0.1, -0.05) is 66.7 Å². The fraction of sp³-hybridized carbons (Fsp3) is 0. The second-order valence-corrected chi connectivity index (χ2v) is 10.6. The second-order valence-electron chi connectivity index (χ2n) is 10.6. The number of para-hydroxylation sites is 2. The first-order valence-corrected chi connectivity index (χ1v) is 14.0. The van der Waals surface area contributed by atoms with Crippen LogP contribution in [0.3, 0.4) is 0 Å². The van der Waals surface area contributed by atoms with E-state index in [1.165, 1.54) is 0 Å². The van der Waals surface area contributed by atoms with Crippen molar-refractivity contribution in [2.75, 3.05) is 0 Å². The fourth-order valence-electron chi connectivity index (χ4n) is 6.28. The average Bonchev–Trinajstić information content (AvgIpc) is 3.65. The standard InChI is InChI=1S/C39H19N3O2/c40-20-23-7-5-8-25(17-23)38-32(21-41)29(24-15-16-36-31(18-24)26-9-1-3-12-34(26)43-36)19-30(33(38)22-42)27-11-6-14-37-39(27)28-10-2-4-13-35(28)44-37/h1-19H. The van der Waals surface area contributed by atoms with E-state index in [0.29, 0.717) is 44.5 Å². The van der Waals surface area contributed by atoms with E-state index < -0.39 is 0 Å². The Kier molecular flexibility index (Phi) is 5.56. The van der Waals surface area contributed by atoms with Crippen molar-refractivity contribution in [1.29, 1.82) is 15.8 Å². The van der Waals surface area contributed by atoms with Crippen LogP contribution in [0.15, 0.2) is 124 Å². The lowest BCUT2D eigenvalue weighted by molar-refractivity contribution is 0.668. The molecule has 202 valence electrons. The number of nitriles is 3. The smallest absolute Gasteiger partial charge is 0.136 e. The Hall–Kier alpha value is -6.61. The SMILES string of the molecule is N#Cc1cccc(-c2c(C#N)c(-c3ccc4oc5ccccc5c4c3)cc(-c3cccc4oc5ccccc5c34)c2C#N)c1. The number of nitrogens with zero attached hydrogens (tertiary/aromatic N) is 3. The Morgan fingerprint density at radius 3 is 1.89 bits per heavy atom. The summed E-state index contributed by atoms with van der Waals surface area (Å²) >= 11 is 0. The van der Waals surface area contributed by atoms with Gasteiger partial charge in [-0.3, -0.25) is 0 Å². The summed E-state index contributed by atoms with van der Waals surface area (Å²) in [5, 5.41) is 34.9. The van der Waals surface area contributed by atoms with Gasteiger partial charge in [0.1, 0.15) is 34.5 Å². The average molecular weight is 562 g/mol. The Morgan fingerprint density at radius 1 is 0.432 bits per heavy atom. The maximum absolute atomic E-state index is 10.7. The van der Waals surface area contributed by atoms with Crippen molar-refractivity contribution in [3.63, 3.8) is 0 Å². The number of fused-ring (bicyclic) bond motifs is 6. The first kappa shape index (κ1) is 25.1. The van der Waals surface area contributed by atoms with Crippen LogP contribution < -0.4 is 0 Å². The first-order chi connectivity index (χ1) is 21.7. The lowest BCUT2D eigenvalue weighted by atomic mass is 9.83. The molecule has 0 unspecified atom stereocenters. The van der Waals surface area contributed by atoms with Crippen molar-refractivity contribution in [2.45, 2.75) is 0 Å². The molecule has 0 atom stereocenters. The Balaban J connectivity index is 1.52. The van der Waals surface area contributed by atoms with Gasteiger partial charge in [0.25, 0.3) is 0 Å². The molecule has 0 amide bonds. The van der Waals surface area contributed by atoms with Crippen molar-refractivity contribution in [3.8, 4) is 51.6 Å². The molecule has 5 nitrogen and oxygen atoms in total. The summed E-state index contributed by atoms with van der Waals surface area (Å²) in [6.45, 7) is 0. The molecule has 0 radical (unpaired) electrons. The van der Waals surface area contributed by atoms with E-state index in [2.05, 4.69) is 18.2 Å². The highest BCUT2D eigenvalue weighted by Crippen LogP contribution is 2.45. The molecule has 0 bridgehead atoms. The predicted molar refractivity (Wildman–Crippen MR) is 171 cm³/mol. The van der Waals surface area contributed by atoms with E-state index in [0.717, 1.165) is 49.4 Å². The van der Waals surface area contributed by atoms with Gasteiger partial charge in [-0.25, -0.2) is 0 Å². The minimum absolute atomic E-state index is 0.355. The van der Waals surface area contributed by atoms with Gasteiger partial charge in [0.05, 0.1) is 22.8 Å². The molecule has 0 aliphatic rings. The summed E-state index contributed by atoms with van der Waals surface area (Å²) in [6.07, 6.45) is 0. The van der Waals surface area contributed by atoms with Gasteiger partial charge in [-0.15, -0.1) is 0 Å². The molecule has 6 aromatic carbocycles. The van der Waals surface area contributed by atoms with E-state index in [1.807, 2.05) is 97.1 Å². The summed E-state index contributed by atoms with van der Waals surface area (Å²) in [5.41, 5.74) is 8.24. The lowest BCUT2D eigenvalue weighted by Gasteiger charge is -2.18. The van der Waals surface area contributed by atoms with Crippen LogP contribution in [0, 0.1) is 34.0 Å². The Bertz CT molecular complexity index is 2600. The summed E-state index contributed by atoms with van der Waals surface area (Å²) < 4.78 is 12.3. The molecule has 0 aliphatic heterocycles. The summed E-state index contributed by atoms with van der Waals surface area (Å²) in [4.78, 5) is 0. The van der Waals surface area contributed by atoms with Crippen LogP contribution in [0.1, 0.15) is 16.7 Å². The molecule has 0 N–H and O–H groups in total. The van der Waals surface area contributed by atoms with Gasteiger partial charge in [-0.2, -0.15) is 15.8 Å².